The van der Waals surface area contributed by atoms with Gasteiger partial charge in [-0.1, -0.05) is 26.8 Å². The molecule has 1 aromatic carbocycles. The molecule has 0 saturated carbocycles. The molecule has 202 valence electrons. The first kappa shape index (κ1) is 27.7. The average Bonchev–Trinajstić information content (AvgIpc) is 3.58. The quantitative estimate of drug-likeness (QED) is 0.381. The highest BCUT2D eigenvalue weighted by Crippen LogP contribution is 2.29. The van der Waals surface area contributed by atoms with E-state index >= 15 is 0 Å². The number of aromatic nitrogens is 2. The molecule has 4 rings (SSSR count). The second kappa shape index (κ2) is 11.6. The molecule has 8 nitrogen and oxygen atoms in total. The fourth-order valence-electron chi connectivity index (χ4n) is 4.63. The van der Waals surface area contributed by atoms with Crippen molar-refractivity contribution in [1.29, 1.82) is 5.26 Å². The molecule has 1 aliphatic heterocycles. The highest BCUT2D eigenvalue weighted by molar-refractivity contribution is 7.14. The molecule has 1 unspecified atom stereocenters. The molecule has 0 aliphatic carbocycles. The van der Waals surface area contributed by atoms with Crippen molar-refractivity contribution in [1.82, 2.24) is 19.8 Å². The van der Waals surface area contributed by atoms with Gasteiger partial charge in [0.1, 0.15) is 6.42 Å². The van der Waals surface area contributed by atoms with Crippen LogP contribution in [0.25, 0.3) is 11.0 Å². The van der Waals surface area contributed by atoms with Crippen molar-refractivity contribution in [3.8, 4) is 6.07 Å². The van der Waals surface area contributed by atoms with Crippen LogP contribution in [0.5, 0.6) is 0 Å². The summed E-state index contributed by atoms with van der Waals surface area (Å²) >= 11 is 0.746. The number of thiophene rings is 1. The lowest BCUT2D eigenvalue weighted by atomic mass is 9.97. The van der Waals surface area contributed by atoms with Gasteiger partial charge in [0.15, 0.2) is 0 Å². The summed E-state index contributed by atoms with van der Waals surface area (Å²) in [6, 6.07) is 10.3. The standard InChI is InChI=1S/C27H32F2N6O2S/c1-27(2,3)16-31-14-17-6-7-19-20(13-17)35(15-18-5-4-12-34(18)23(36)10-11-30)26(32-19)33-25(37)22-9-8-21(38-22)24(28)29/h6-9,13,18,24,31H,4-5,10,12,14-16H2,1-3H3,(H,32,33,37). The molecule has 0 bridgehead atoms. The van der Waals surface area contributed by atoms with Gasteiger partial charge in [0.05, 0.1) is 26.9 Å². The number of carbonyl (C=O) groups excluding carboxylic acids is 2. The Balaban J connectivity index is 1.65. The largest absolute Gasteiger partial charge is 0.337 e. The highest BCUT2D eigenvalue weighted by Gasteiger charge is 2.30. The lowest BCUT2D eigenvalue weighted by molar-refractivity contribution is -0.131. The van der Waals surface area contributed by atoms with Gasteiger partial charge < -0.3 is 14.8 Å². The monoisotopic (exact) mass is 542 g/mol. The number of carbonyl (C=O) groups is 2. The number of amides is 2. The summed E-state index contributed by atoms with van der Waals surface area (Å²) in [5.74, 6) is -0.444. The molecule has 0 spiro atoms. The van der Waals surface area contributed by atoms with Crippen molar-refractivity contribution >= 4 is 40.1 Å². The number of nitrogens with zero attached hydrogens (tertiary/aromatic N) is 4. The van der Waals surface area contributed by atoms with E-state index in [9.17, 15) is 18.4 Å². The Morgan fingerprint density at radius 2 is 2.05 bits per heavy atom. The van der Waals surface area contributed by atoms with E-state index in [1.165, 1.54) is 12.1 Å². The highest BCUT2D eigenvalue weighted by atomic mass is 32.1. The van der Waals surface area contributed by atoms with Gasteiger partial charge in [-0.15, -0.1) is 11.3 Å². The summed E-state index contributed by atoms with van der Waals surface area (Å²) in [5, 5.41) is 15.3. The number of halogens is 2. The minimum Gasteiger partial charge on any atom is -0.337 e. The number of hydrogen-bond acceptors (Lipinski definition) is 6. The normalized spacial score (nSPS) is 15.8. The van der Waals surface area contributed by atoms with Crippen LogP contribution in [0.3, 0.4) is 0 Å². The van der Waals surface area contributed by atoms with Gasteiger partial charge in [0.2, 0.25) is 11.9 Å². The van der Waals surface area contributed by atoms with Crippen molar-refractivity contribution in [3.63, 3.8) is 0 Å². The molecule has 1 aliphatic rings. The number of fused-ring (bicyclic) bond motifs is 1. The third-order valence-electron chi connectivity index (χ3n) is 6.41. The van der Waals surface area contributed by atoms with Crippen LogP contribution < -0.4 is 10.6 Å². The minimum atomic E-state index is -2.64. The number of nitrogens with one attached hydrogen (secondary N) is 2. The van der Waals surface area contributed by atoms with Crippen LogP contribution in [0.2, 0.25) is 0 Å². The number of hydrogen-bond donors (Lipinski definition) is 2. The lowest BCUT2D eigenvalue weighted by Gasteiger charge is -2.25. The third-order valence-corrected chi connectivity index (χ3v) is 7.50. The zero-order valence-corrected chi connectivity index (χ0v) is 22.6. The van der Waals surface area contributed by atoms with Crippen molar-refractivity contribution in [3.05, 3.63) is 45.6 Å². The fraction of sp³-hybridized carbons (Fsp3) is 0.481. The van der Waals surface area contributed by atoms with Crippen LogP contribution in [0, 0.1) is 16.7 Å². The predicted molar refractivity (Wildman–Crippen MR) is 143 cm³/mol. The van der Waals surface area contributed by atoms with Crippen molar-refractivity contribution in [2.24, 2.45) is 5.41 Å². The van der Waals surface area contributed by atoms with Crippen LogP contribution in [-0.2, 0) is 17.9 Å². The maximum Gasteiger partial charge on any atom is 0.272 e. The Bertz CT molecular complexity index is 1350. The zero-order chi connectivity index (χ0) is 27.4. The first-order valence-corrected chi connectivity index (χ1v) is 13.4. The Morgan fingerprint density at radius 1 is 1.26 bits per heavy atom. The summed E-state index contributed by atoms with van der Waals surface area (Å²) in [6.45, 7) is 8.93. The number of anilines is 1. The maximum atomic E-state index is 13.1. The topological polar surface area (TPSA) is 103 Å². The van der Waals surface area contributed by atoms with Crippen molar-refractivity contribution in [2.75, 3.05) is 18.4 Å². The second-order valence-electron chi connectivity index (χ2n) is 10.7. The Labute approximate surface area is 224 Å². The molecule has 1 atom stereocenters. The molecule has 1 fully saturated rings. The maximum absolute atomic E-state index is 13.1. The molecule has 2 N–H and O–H groups in total. The van der Waals surface area contributed by atoms with E-state index in [0.29, 0.717) is 25.2 Å². The van der Waals surface area contributed by atoms with Crippen LogP contribution in [-0.4, -0.2) is 45.4 Å². The van der Waals surface area contributed by atoms with E-state index in [1.54, 1.807) is 4.90 Å². The summed E-state index contributed by atoms with van der Waals surface area (Å²) < 4.78 is 28.0. The van der Waals surface area contributed by atoms with Crippen LogP contribution >= 0.6 is 11.3 Å². The van der Waals surface area contributed by atoms with Crippen LogP contribution in [0.4, 0.5) is 14.7 Å². The molecule has 38 heavy (non-hydrogen) atoms. The first-order valence-electron chi connectivity index (χ1n) is 12.6. The van der Waals surface area contributed by atoms with Crippen molar-refractivity contribution < 1.29 is 18.4 Å². The van der Waals surface area contributed by atoms with Crippen LogP contribution in [0.1, 0.15) is 66.6 Å². The van der Waals surface area contributed by atoms with Gasteiger partial charge in [-0.2, -0.15) is 5.26 Å². The molecular formula is C27H32F2N6O2S. The van der Waals surface area contributed by atoms with Gasteiger partial charge in [-0.25, -0.2) is 13.8 Å². The Morgan fingerprint density at radius 3 is 2.74 bits per heavy atom. The number of rotatable bonds is 9. The van der Waals surface area contributed by atoms with E-state index in [4.69, 9.17) is 5.26 Å². The summed E-state index contributed by atoms with van der Waals surface area (Å²) in [4.78, 5) is 31.9. The molecule has 3 heterocycles. The Hall–Kier alpha value is -3.36. The SMILES string of the molecule is CC(C)(C)CNCc1ccc2nc(NC(=O)c3ccc(C(F)F)s3)n(CC3CCCN3C(=O)CC#N)c2c1. The van der Waals surface area contributed by atoms with Gasteiger partial charge >= 0.3 is 0 Å². The van der Waals surface area contributed by atoms with Crippen LogP contribution in [0.15, 0.2) is 30.3 Å². The number of benzene rings is 1. The number of alkyl halides is 2. The molecule has 3 aromatic rings. The van der Waals surface area contributed by atoms with Gasteiger partial charge in [0, 0.05) is 32.2 Å². The summed E-state index contributed by atoms with van der Waals surface area (Å²) in [7, 11) is 0. The molecule has 2 aromatic heterocycles. The van der Waals surface area contributed by atoms with E-state index < -0.39 is 12.3 Å². The lowest BCUT2D eigenvalue weighted by Crippen LogP contribution is -2.38. The molecule has 1 saturated heterocycles. The van der Waals surface area contributed by atoms with Crippen molar-refractivity contribution in [2.45, 2.75) is 65.6 Å². The summed E-state index contributed by atoms with van der Waals surface area (Å²) in [6.07, 6.45) is -1.24. The summed E-state index contributed by atoms with van der Waals surface area (Å²) in [5.41, 5.74) is 2.66. The third kappa shape index (κ3) is 6.55. The smallest absolute Gasteiger partial charge is 0.272 e. The van der Waals surface area contributed by atoms with E-state index in [1.807, 2.05) is 28.8 Å². The average molecular weight is 543 g/mol. The molecule has 0 radical (unpaired) electrons. The second-order valence-corrected chi connectivity index (χ2v) is 11.8. The number of imidazole rings is 1. The zero-order valence-electron chi connectivity index (χ0n) is 21.8. The van der Waals surface area contributed by atoms with E-state index in [0.717, 1.165) is 41.8 Å². The molecule has 11 heteroatoms. The first-order chi connectivity index (χ1) is 18.1. The van der Waals surface area contributed by atoms with E-state index in [-0.39, 0.29) is 39.5 Å². The van der Waals surface area contributed by atoms with Gasteiger partial charge in [0.25, 0.3) is 12.3 Å². The number of nitriles is 1. The fourth-order valence-corrected chi connectivity index (χ4v) is 5.39. The van der Waals surface area contributed by atoms with Gasteiger partial charge in [-0.3, -0.25) is 14.9 Å². The van der Waals surface area contributed by atoms with E-state index in [2.05, 4.69) is 36.4 Å². The molecule has 2 amide bonds. The molecular weight excluding hydrogens is 510 g/mol. The predicted octanol–water partition coefficient (Wildman–Crippen LogP) is 5.33. The number of likely N-dealkylation sites (tertiary alicyclic amines) is 1. The minimum absolute atomic E-state index is 0.136. The Kier molecular flexibility index (Phi) is 8.43. The van der Waals surface area contributed by atoms with Gasteiger partial charge in [-0.05, 0) is 48.1 Å².